The van der Waals surface area contributed by atoms with E-state index in [2.05, 4.69) is 14.3 Å². The fraction of sp³-hybridized carbons (Fsp3) is 0.667. The van der Waals surface area contributed by atoms with E-state index in [0.717, 1.165) is 0 Å². The van der Waals surface area contributed by atoms with Crippen molar-refractivity contribution in [3.05, 3.63) is 5.21 Å². The number of nitrogens with zero attached hydrogens (tertiary/aromatic N) is 1. The van der Waals surface area contributed by atoms with Gasteiger partial charge in [0.25, 0.3) is 0 Å². The third kappa shape index (κ3) is 2.62. The molecular formula is C9H13NO6. The first-order valence-electron chi connectivity index (χ1n) is 4.93. The minimum absolute atomic E-state index is 0.0135. The molecule has 0 N–H and O–H groups in total. The van der Waals surface area contributed by atoms with Crippen molar-refractivity contribution < 1.29 is 28.8 Å². The Bertz CT molecular complexity index is 324. The van der Waals surface area contributed by atoms with Crippen molar-refractivity contribution in [1.82, 2.24) is 0 Å². The van der Waals surface area contributed by atoms with Crippen molar-refractivity contribution in [3.8, 4) is 0 Å². The van der Waals surface area contributed by atoms with E-state index in [1.807, 2.05) is 0 Å². The second-order valence-electron chi connectivity index (χ2n) is 2.97. The molecule has 1 unspecified atom stereocenters. The lowest BCUT2D eigenvalue weighted by molar-refractivity contribution is -0.736. The molecule has 90 valence electrons. The summed E-state index contributed by atoms with van der Waals surface area (Å²) in [5, 5.41) is 11.2. The molecule has 1 aliphatic heterocycles. The Morgan fingerprint density at radius 3 is 2.62 bits per heavy atom. The molecule has 0 saturated carbocycles. The smallest absolute Gasteiger partial charge is 0.405 e. The van der Waals surface area contributed by atoms with Crippen LogP contribution in [0.4, 0.5) is 0 Å². The largest absolute Gasteiger partial charge is 0.465 e. The van der Waals surface area contributed by atoms with E-state index in [0.29, 0.717) is 0 Å². The highest BCUT2D eigenvalue weighted by molar-refractivity contribution is 6.34. The molecule has 0 aromatic carbocycles. The average molecular weight is 231 g/mol. The second kappa shape index (κ2) is 5.34. The number of rotatable bonds is 4. The van der Waals surface area contributed by atoms with E-state index in [9.17, 15) is 14.8 Å². The van der Waals surface area contributed by atoms with E-state index >= 15 is 0 Å². The van der Waals surface area contributed by atoms with Gasteiger partial charge in [-0.3, -0.25) is 10.0 Å². The lowest BCUT2D eigenvalue weighted by atomic mass is 10.2. The van der Waals surface area contributed by atoms with Crippen LogP contribution in [0.1, 0.15) is 20.3 Å². The Kier molecular flexibility index (Phi) is 4.10. The standard InChI is InChI=1S/C9H13NO6/c1-3-14-8(11)6-5-7(16-10(6)13)9(12)15-4-2/h7H,3-5H2,1-2H3. The molecule has 0 saturated heterocycles. The first kappa shape index (κ1) is 12.3. The zero-order chi connectivity index (χ0) is 12.1. The van der Waals surface area contributed by atoms with Crippen LogP contribution in [0.25, 0.3) is 0 Å². The van der Waals surface area contributed by atoms with Gasteiger partial charge < -0.3 is 14.3 Å². The maximum Gasteiger partial charge on any atom is 0.405 e. The van der Waals surface area contributed by atoms with Crippen LogP contribution in [0.5, 0.6) is 0 Å². The highest BCUT2D eigenvalue weighted by Crippen LogP contribution is 2.12. The Balaban J connectivity index is 2.60. The fourth-order valence-corrected chi connectivity index (χ4v) is 1.20. The Morgan fingerprint density at radius 2 is 2.06 bits per heavy atom. The summed E-state index contributed by atoms with van der Waals surface area (Å²) in [6, 6.07) is 0. The molecular weight excluding hydrogens is 218 g/mol. The van der Waals surface area contributed by atoms with Crippen LogP contribution < -0.4 is 0 Å². The summed E-state index contributed by atoms with van der Waals surface area (Å²) in [7, 11) is 0. The summed E-state index contributed by atoms with van der Waals surface area (Å²) in [4.78, 5) is 27.1. The first-order valence-corrected chi connectivity index (χ1v) is 4.93. The van der Waals surface area contributed by atoms with Crippen molar-refractivity contribution in [3.63, 3.8) is 0 Å². The molecule has 1 heterocycles. The maximum atomic E-state index is 11.2. The summed E-state index contributed by atoms with van der Waals surface area (Å²) in [6.07, 6.45) is -1.18. The van der Waals surface area contributed by atoms with Crippen molar-refractivity contribution in [2.45, 2.75) is 26.4 Å². The average Bonchev–Trinajstić information content (AvgIpc) is 2.61. The van der Waals surface area contributed by atoms with Crippen molar-refractivity contribution in [2.75, 3.05) is 13.2 Å². The van der Waals surface area contributed by atoms with Gasteiger partial charge in [-0.25, -0.2) is 4.79 Å². The lowest BCUT2D eigenvalue weighted by Gasteiger charge is -2.08. The number of carbonyl (C=O) groups excluding carboxylic acids is 2. The summed E-state index contributed by atoms with van der Waals surface area (Å²) in [6.45, 7) is 3.59. The van der Waals surface area contributed by atoms with E-state index in [1.165, 1.54) is 0 Å². The minimum atomic E-state index is -1.06. The van der Waals surface area contributed by atoms with E-state index < -0.39 is 18.0 Å². The van der Waals surface area contributed by atoms with Gasteiger partial charge in [0.05, 0.1) is 19.6 Å². The maximum absolute atomic E-state index is 11.2. The van der Waals surface area contributed by atoms with Gasteiger partial charge in [-0.1, -0.05) is 0 Å². The van der Waals surface area contributed by atoms with E-state index in [1.54, 1.807) is 13.8 Å². The number of hydrogen-bond donors (Lipinski definition) is 0. The molecule has 0 bridgehead atoms. The molecule has 1 atom stereocenters. The summed E-state index contributed by atoms with van der Waals surface area (Å²) >= 11 is 0. The number of hydrogen-bond acceptors (Lipinski definition) is 6. The summed E-state index contributed by atoms with van der Waals surface area (Å²) in [5.41, 5.74) is -0.222. The topological polar surface area (TPSA) is 87.9 Å². The molecule has 1 aliphatic rings. The van der Waals surface area contributed by atoms with Crippen LogP contribution in [0.2, 0.25) is 0 Å². The highest BCUT2D eigenvalue weighted by atomic mass is 16.9. The van der Waals surface area contributed by atoms with Gasteiger partial charge in [-0.15, -0.1) is 0 Å². The van der Waals surface area contributed by atoms with E-state index in [4.69, 9.17) is 0 Å². The third-order valence-electron chi connectivity index (χ3n) is 1.88. The van der Waals surface area contributed by atoms with Gasteiger partial charge in [-0.05, 0) is 13.8 Å². The van der Waals surface area contributed by atoms with Gasteiger partial charge in [0.15, 0.2) is 6.10 Å². The van der Waals surface area contributed by atoms with Crippen LogP contribution in [-0.2, 0) is 23.9 Å². The summed E-state index contributed by atoms with van der Waals surface area (Å²) in [5.74, 6) is -1.44. The minimum Gasteiger partial charge on any atom is -0.465 e. The van der Waals surface area contributed by atoms with Gasteiger partial charge in [0, 0.05) is 4.90 Å². The zero-order valence-electron chi connectivity index (χ0n) is 9.10. The van der Waals surface area contributed by atoms with Crippen molar-refractivity contribution in [1.29, 1.82) is 0 Å². The van der Waals surface area contributed by atoms with Crippen LogP contribution >= 0.6 is 0 Å². The molecule has 0 amide bonds. The Hall–Kier alpha value is -1.79. The zero-order valence-corrected chi connectivity index (χ0v) is 9.10. The predicted octanol–water partition coefficient (Wildman–Crippen LogP) is -0.232. The van der Waals surface area contributed by atoms with Gasteiger partial charge in [0.1, 0.15) is 0 Å². The first-order chi connectivity index (χ1) is 7.60. The van der Waals surface area contributed by atoms with E-state index in [-0.39, 0.29) is 30.2 Å². The molecule has 0 spiro atoms. The quantitative estimate of drug-likeness (QED) is 0.490. The molecule has 0 aliphatic carbocycles. The van der Waals surface area contributed by atoms with Gasteiger partial charge in [0.2, 0.25) is 0 Å². The van der Waals surface area contributed by atoms with Crippen LogP contribution in [0, 0.1) is 5.21 Å². The summed E-state index contributed by atoms with van der Waals surface area (Å²) < 4.78 is 9.30. The number of esters is 2. The lowest BCUT2D eigenvalue weighted by Crippen LogP contribution is -2.25. The Morgan fingerprint density at radius 1 is 1.44 bits per heavy atom. The molecule has 0 aromatic rings. The van der Waals surface area contributed by atoms with Crippen molar-refractivity contribution in [2.24, 2.45) is 0 Å². The second-order valence-corrected chi connectivity index (χ2v) is 2.97. The monoisotopic (exact) mass is 231 g/mol. The normalized spacial score (nSPS) is 19.2. The van der Waals surface area contributed by atoms with Gasteiger partial charge >= 0.3 is 17.7 Å². The highest BCUT2D eigenvalue weighted by Gasteiger charge is 2.39. The molecule has 7 nitrogen and oxygen atoms in total. The fourth-order valence-electron chi connectivity index (χ4n) is 1.20. The third-order valence-corrected chi connectivity index (χ3v) is 1.88. The molecule has 0 radical (unpaired) electrons. The van der Waals surface area contributed by atoms with Crippen LogP contribution in [-0.4, -0.2) is 41.9 Å². The SMILES string of the molecule is CCOC(=O)C1=[N+]([O-])OC(C(=O)OCC)C1. The number of carbonyl (C=O) groups is 2. The van der Waals surface area contributed by atoms with Gasteiger partial charge in [-0.2, -0.15) is 0 Å². The number of ether oxygens (including phenoxy) is 2. The molecule has 7 heteroatoms. The molecule has 0 fully saturated rings. The molecule has 0 aromatic heterocycles. The predicted molar refractivity (Wildman–Crippen MR) is 51.4 cm³/mol. The Labute approximate surface area is 92.1 Å². The van der Waals surface area contributed by atoms with Crippen LogP contribution in [0.15, 0.2) is 0 Å². The molecule has 1 rings (SSSR count). The van der Waals surface area contributed by atoms with Crippen molar-refractivity contribution >= 4 is 17.7 Å². The van der Waals surface area contributed by atoms with Crippen LogP contribution in [0.3, 0.4) is 0 Å². The molecule has 16 heavy (non-hydrogen) atoms.